The summed E-state index contributed by atoms with van der Waals surface area (Å²) in [5.41, 5.74) is 2.55. The number of fused-ring (bicyclic) bond motifs is 1. The summed E-state index contributed by atoms with van der Waals surface area (Å²) in [4.78, 5) is 6.99. The van der Waals surface area contributed by atoms with Crippen molar-refractivity contribution in [2.75, 3.05) is 13.1 Å². The molecule has 2 heteroatoms. The molecule has 0 radical (unpaired) electrons. The van der Waals surface area contributed by atoms with Crippen LogP contribution in [0.4, 0.5) is 0 Å². The molecular weight excluding hydrogens is 220 g/mol. The number of likely N-dealkylation sites (tertiary alicyclic amines) is 1. The van der Waals surface area contributed by atoms with E-state index in [1.165, 1.54) is 36.8 Å². The molecular formula is C16H20N2. The van der Waals surface area contributed by atoms with Crippen LogP contribution in [0.1, 0.15) is 37.8 Å². The number of piperidine rings is 1. The lowest BCUT2D eigenvalue weighted by atomic mass is 9.94. The Morgan fingerprint density at radius 2 is 2.22 bits per heavy atom. The van der Waals surface area contributed by atoms with Crippen molar-refractivity contribution in [3.63, 3.8) is 0 Å². The van der Waals surface area contributed by atoms with Crippen LogP contribution in [0.25, 0.3) is 10.9 Å². The molecule has 0 unspecified atom stereocenters. The number of pyridine rings is 1. The smallest absolute Gasteiger partial charge is 0.0702 e. The first-order valence-corrected chi connectivity index (χ1v) is 6.97. The van der Waals surface area contributed by atoms with Gasteiger partial charge in [0.1, 0.15) is 0 Å². The zero-order chi connectivity index (χ0) is 12.4. The van der Waals surface area contributed by atoms with Gasteiger partial charge in [0.2, 0.25) is 0 Å². The van der Waals surface area contributed by atoms with Crippen LogP contribution in [-0.2, 0) is 0 Å². The first-order valence-electron chi connectivity index (χ1n) is 6.97. The van der Waals surface area contributed by atoms with E-state index in [4.69, 9.17) is 0 Å². The highest BCUT2D eigenvalue weighted by Crippen LogP contribution is 2.31. The van der Waals surface area contributed by atoms with E-state index in [0.29, 0.717) is 6.04 Å². The van der Waals surface area contributed by atoms with Gasteiger partial charge >= 0.3 is 0 Å². The number of nitrogens with zero attached hydrogens (tertiary/aromatic N) is 2. The van der Waals surface area contributed by atoms with Crippen LogP contribution in [0.15, 0.2) is 36.5 Å². The molecule has 1 aromatic heterocycles. The maximum atomic E-state index is 4.39. The van der Waals surface area contributed by atoms with E-state index in [2.05, 4.69) is 41.1 Å². The molecule has 18 heavy (non-hydrogen) atoms. The Morgan fingerprint density at radius 3 is 3.11 bits per heavy atom. The largest absolute Gasteiger partial charge is 0.297 e. The average Bonchev–Trinajstić information content (AvgIpc) is 2.46. The van der Waals surface area contributed by atoms with Gasteiger partial charge in [-0.1, -0.05) is 25.5 Å². The topological polar surface area (TPSA) is 16.1 Å². The van der Waals surface area contributed by atoms with Crippen molar-refractivity contribution in [2.24, 2.45) is 0 Å². The van der Waals surface area contributed by atoms with Crippen molar-refractivity contribution >= 4 is 10.9 Å². The Morgan fingerprint density at radius 1 is 1.28 bits per heavy atom. The van der Waals surface area contributed by atoms with Crippen LogP contribution >= 0.6 is 0 Å². The Labute approximate surface area is 109 Å². The molecule has 2 nitrogen and oxygen atoms in total. The van der Waals surface area contributed by atoms with Gasteiger partial charge in [0, 0.05) is 17.6 Å². The number of rotatable bonds is 2. The normalized spacial score (nSPS) is 21.3. The van der Waals surface area contributed by atoms with Crippen LogP contribution in [0.5, 0.6) is 0 Å². The third-order valence-corrected chi connectivity index (χ3v) is 4.03. The summed E-state index contributed by atoms with van der Waals surface area (Å²) in [6, 6.07) is 11.5. The third-order valence-electron chi connectivity index (χ3n) is 4.03. The van der Waals surface area contributed by atoms with Gasteiger partial charge < -0.3 is 0 Å². The summed E-state index contributed by atoms with van der Waals surface area (Å²) in [5, 5.41) is 1.26. The fourth-order valence-electron chi connectivity index (χ4n) is 3.05. The van der Waals surface area contributed by atoms with Crippen LogP contribution in [-0.4, -0.2) is 23.0 Å². The predicted molar refractivity (Wildman–Crippen MR) is 75.6 cm³/mol. The van der Waals surface area contributed by atoms with Crippen molar-refractivity contribution < 1.29 is 0 Å². The van der Waals surface area contributed by atoms with E-state index in [0.717, 1.165) is 12.1 Å². The molecule has 0 spiro atoms. The Balaban J connectivity index is 1.97. The summed E-state index contributed by atoms with van der Waals surface area (Å²) < 4.78 is 0. The summed E-state index contributed by atoms with van der Waals surface area (Å²) in [7, 11) is 0. The third kappa shape index (κ3) is 2.13. The second-order valence-electron chi connectivity index (χ2n) is 5.10. The summed E-state index contributed by atoms with van der Waals surface area (Å²) in [6.45, 7) is 4.66. The molecule has 0 aliphatic carbocycles. The maximum absolute atomic E-state index is 4.39. The molecule has 1 aliphatic rings. The van der Waals surface area contributed by atoms with Gasteiger partial charge in [0.05, 0.1) is 5.52 Å². The summed E-state index contributed by atoms with van der Waals surface area (Å²) in [5.74, 6) is 0. The lowest BCUT2D eigenvalue weighted by Crippen LogP contribution is -2.33. The van der Waals surface area contributed by atoms with Gasteiger partial charge in [0.25, 0.3) is 0 Å². The van der Waals surface area contributed by atoms with E-state index >= 15 is 0 Å². The van der Waals surface area contributed by atoms with Crippen molar-refractivity contribution in [3.05, 3.63) is 42.1 Å². The van der Waals surface area contributed by atoms with Crippen LogP contribution in [0, 0.1) is 0 Å². The molecule has 1 saturated heterocycles. The molecule has 2 aromatic rings. The fraction of sp³-hybridized carbons (Fsp3) is 0.438. The Kier molecular flexibility index (Phi) is 3.28. The van der Waals surface area contributed by atoms with Crippen LogP contribution in [0.3, 0.4) is 0 Å². The zero-order valence-corrected chi connectivity index (χ0v) is 11.0. The van der Waals surface area contributed by atoms with Crippen molar-refractivity contribution in [1.29, 1.82) is 0 Å². The number of hydrogen-bond acceptors (Lipinski definition) is 2. The molecule has 0 bridgehead atoms. The van der Waals surface area contributed by atoms with E-state index in [-0.39, 0.29) is 0 Å². The molecule has 1 aliphatic heterocycles. The molecule has 0 amide bonds. The summed E-state index contributed by atoms with van der Waals surface area (Å²) >= 11 is 0. The first-order chi connectivity index (χ1) is 8.88. The highest BCUT2D eigenvalue weighted by Gasteiger charge is 2.22. The maximum Gasteiger partial charge on any atom is 0.0702 e. The van der Waals surface area contributed by atoms with E-state index < -0.39 is 0 Å². The molecule has 2 heterocycles. The molecule has 94 valence electrons. The molecule has 0 saturated carbocycles. The molecule has 0 N–H and O–H groups in total. The van der Waals surface area contributed by atoms with Gasteiger partial charge in [-0.25, -0.2) is 0 Å². The second kappa shape index (κ2) is 5.07. The number of benzene rings is 1. The highest BCUT2D eigenvalue weighted by atomic mass is 15.2. The molecule has 1 fully saturated rings. The Bertz CT molecular complexity index is 535. The monoisotopic (exact) mass is 240 g/mol. The lowest BCUT2D eigenvalue weighted by molar-refractivity contribution is 0.157. The molecule has 1 atom stereocenters. The van der Waals surface area contributed by atoms with Crippen molar-refractivity contribution in [3.8, 4) is 0 Å². The number of aromatic nitrogens is 1. The average molecular weight is 240 g/mol. The quantitative estimate of drug-likeness (QED) is 0.794. The van der Waals surface area contributed by atoms with Gasteiger partial charge in [-0.05, 0) is 49.7 Å². The fourth-order valence-corrected chi connectivity index (χ4v) is 3.05. The van der Waals surface area contributed by atoms with E-state index in [1.807, 2.05) is 12.3 Å². The lowest BCUT2D eigenvalue weighted by Gasteiger charge is -2.35. The first kappa shape index (κ1) is 11.7. The zero-order valence-electron chi connectivity index (χ0n) is 11.0. The van der Waals surface area contributed by atoms with E-state index in [1.54, 1.807) is 0 Å². The van der Waals surface area contributed by atoms with Crippen LogP contribution in [0.2, 0.25) is 0 Å². The van der Waals surface area contributed by atoms with Crippen LogP contribution < -0.4 is 0 Å². The summed E-state index contributed by atoms with van der Waals surface area (Å²) in [6.07, 6.45) is 5.85. The van der Waals surface area contributed by atoms with Gasteiger partial charge in [-0.2, -0.15) is 0 Å². The Hall–Kier alpha value is -1.41. The second-order valence-corrected chi connectivity index (χ2v) is 5.10. The van der Waals surface area contributed by atoms with Crippen molar-refractivity contribution in [1.82, 2.24) is 9.88 Å². The minimum Gasteiger partial charge on any atom is -0.297 e. The van der Waals surface area contributed by atoms with Crippen molar-refractivity contribution in [2.45, 2.75) is 32.2 Å². The SMILES string of the molecule is CCN1CCCC[C@@H]1c1ccc2ncccc2c1. The predicted octanol–water partition coefficient (Wildman–Crippen LogP) is 3.78. The van der Waals surface area contributed by atoms with E-state index in [9.17, 15) is 0 Å². The molecule has 3 rings (SSSR count). The highest BCUT2D eigenvalue weighted by molar-refractivity contribution is 5.79. The minimum absolute atomic E-state index is 0.605. The standard InChI is InChI=1S/C16H20N2/c1-2-18-11-4-3-7-16(18)14-8-9-15-13(12-14)6-5-10-17-15/h5-6,8-10,12,16H,2-4,7,11H2,1H3/t16-/m1/s1. The van der Waals surface area contributed by atoms with Gasteiger partial charge in [-0.3, -0.25) is 9.88 Å². The molecule has 1 aromatic carbocycles. The van der Waals surface area contributed by atoms with Gasteiger partial charge in [0.15, 0.2) is 0 Å². The minimum atomic E-state index is 0.605. The number of hydrogen-bond donors (Lipinski definition) is 0. The van der Waals surface area contributed by atoms with Gasteiger partial charge in [-0.15, -0.1) is 0 Å².